The maximum Gasteiger partial charge on any atom is 0.248 e. The molecule has 2 heterocycles. The number of carbonyl (C=O) groups is 1. The minimum Gasteiger partial charge on any atom is -0.316 e. The first-order chi connectivity index (χ1) is 12.3. The van der Waals surface area contributed by atoms with E-state index in [2.05, 4.69) is 31.0 Å². The Kier molecular flexibility index (Phi) is 5.77. The van der Waals surface area contributed by atoms with E-state index in [-0.39, 0.29) is 28.7 Å². The lowest BCUT2D eigenvalue weighted by molar-refractivity contribution is -0.117. The Morgan fingerprint density at radius 2 is 1.96 bits per heavy atom. The molecule has 0 radical (unpaired) electrons. The second-order valence-corrected chi connectivity index (χ2v) is 10.7. The molecule has 2 fully saturated rings. The molecule has 2 aliphatic rings. The van der Waals surface area contributed by atoms with Crippen molar-refractivity contribution in [3.63, 3.8) is 0 Å². The van der Waals surface area contributed by atoms with Crippen molar-refractivity contribution >= 4 is 38.4 Å². The van der Waals surface area contributed by atoms with Crippen LogP contribution in [0.4, 0.5) is 5.69 Å². The van der Waals surface area contributed by atoms with E-state index in [0.717, 1.165) is 18.5 Å². The van der Waals surface area contributed by atoms with Gasteiger partial charge in [-0.2, -0.15) is 4.99 Å². The first kappa shape index (κ1) is 19.4. The summed E-state index contributed by atoms with van der Waals surface area (Å²) in [6.07, 6.45) is 2.21. The maximum atomic E-state index is 12.2. The number of rotatable bonds is 5. The number of amidine groups is 1. The van der Waals surface area contributed by atoms with Crippen molar-refractivity contribution in [3.8, 4) is 0 Å². The number of unbranched alkanes of at least 4 members (excludes halogenated alkanes) is 1. The van der Waals surface area contributed by atoms with E-state index in [0.29, 0.717) is 17.5 Å². The van der Waals surface area contributed by atoms with Crippen LogP contribution >= 0.6 is 11.8 Å². The van der Waals surface area contributed by atoms with Gasteiger partial charge in [0, 0.05) is 17.4 Å². The van der Waals surface area contributed by atoms with Crippen molar-refractivity contribution in [2.24, 2.45) is 4.99 Å². The van der Waals surface area contributed by atoms with Gasteiger partial charge in [-0.1, -0.05) is 51.1 Å². The Hall–Kier alpha value is -1.34. The lowest BCUT2D eigenvalue weighted by atomic mass is 10.0. The average molecular weight is 395 g/mol. The number of nitrogens with zero attached hydrogens (tertiary/aromatic N) is 2. The molecule has 2 aliphatic heterocycles. The van der Waals surface area contributed by atoms with Crippen molar-refractivity contribution in [3.05, 3.63) is 29.8 Å². The maximum absolute atomic E-state index is 12.2. The van der Waals surface area contributed by atoms with Crippen LogP contribution in [0, 0.1) is 0 Å². The van der Waals surface area contributed by atoms with Crippen LogP contribution in [0.15, 0.2) is 29.3 Å². The SMILES string of the molecule is CCCCC(=O)N=C1S[C@@H]2CS(=O)(=O)C[C@H]2N1c1ccc(C(C)C)cc1. The number of amides is 1. The third-order valence-corrected chi connectivity index (χ3v) is 8.08. The molecule has 1 amide bonds. The van der Waals surface area contributed by atoms with Crippen LogP contribution in [0.5, 0.6) is 0 Å². The summed E-state index contributed by atoms with van der Waals surface area (Å²) >= 11 is 1.43. The van der Waals surface area contributed by atoms with Crippen LogP contribution in [-0.2, 0) is 14.6 Å². The largest absolute Gasteiger partial charge is 0.316 e. The summed E-state index contributed by atoms with van der Waals surface area (Å²) < 4.78 is 24.2. The van der Waals surface area contributed by atoms with Gasteiger partial charge in [0.15, 0.2) is 15.0 Å². The van der Waals surface area contributed by atoms with E-state index in [1.807, 2.05) is 24.0 Å². The van der Waals surface area contributed by atoms with E-state index in [1.54, 1.807) is 0 Å². The topological polar surface area (TPSA) is 66.8 Å². The minimum absolute atomic E-state index is 0.0532. The predicted octanol–water partition coefficient (Wildman–Crippen LogP) is 3.60. The Balaban J connectivity index is 1.92. The van der Waals surface area contributed by atoms with E-state index < -0.39 is 9.84 Å². The lowest BCUT2D eigenvalue weighted by Crippen LogP contribution is -2.37. The van der Waals surface area contributed by atoms with Crippen LogP contribution in [0.2, 0.25) is 0 Å². The lowest BCUT2D eigenvalue weighted by Gasteiger charge is -2.25. The number of fused-ring (bicyclic) bond motifs is 1. The molecule has 2 saturated heterocycles. The van der Waals surface area contributed by atoms with E-state index in [9.17, 15) is 13.2 Å². The Morgan fingerprint density at radius 1 is 1.27 bits per heavy atom. The highest BCUT2D eigenvalue weighted by atomic mass is 32.2. The van der Waals surface area contributed by atoms with Gasteiger partial charge >= 0.3 is 0 Å². The molecule has 3 rings (SSSR count). The second-order valence-electron chi connectivity index (χ2n) is 7.31. The summed E-state index contributed by atoms with van der Waals surface area (Å²) in [6.45, 7) is 6.32. The van der Waals surface area contributed by atoms with E-state index >= 15 is 0 Å². The number of carbonyl (C=O) groups excluding carboxylic acids is 1. The van der Waals surface area contributed by atoms with Crippen LogP contribution in [0.25, 0.3) is 0 Å². The molecule has 0 saturated carbocycles. The number of aliphatic imine (C=N–C) groups is 1. The Labute approximate surface area is 160 Å². The van der Waals surface area contributed by atoms with Crippen LogP contribution in [0.3, 0.4) is 0 Å². The van der Waals surface area contributed by atoms with Gasteiger partial charge in [-0.3, -0.25) is 4.79 Å². The van der Waals surface area contributed by atoms with Crippen LogP contribution in [-0.4, -0.2) is 42.3 Å². The highest BCUT2D eigenvalue weighted by Gasteiger charge is 2.49. The minimum atomic E-state index is -3.04. The Bertz CT molecular complexity index is 801. The number of hydrogen-bond acceptors (Lipinski definition) is 4. The zero-order valence-electron chi connectivity index (χ0n) is 15.5. The summed E-state index contributed by atoms with van der Waals surface area (Å²) in [7, 11) is -3.04. The molecule has 1 aromatic carbocycles. The smallest absolute Gasteiger partial charge is 0.248 e. The Morgan fingerprint density at radius 3 is 2.58 bits per heavy atom. The molecule has 26 heavy (non-hydrogen) atoms. The van der Waals surface area contributed by atoms with Crippen molar-refractivity contribution in [2.75, 3.05) is 16.4 Å². The molecule has 142 valence electrons. The van der Waals surface area contributed by atoms with Gasteiger partial charge in [0.2, 0.25) is 5.91 Å². The molecular weight excluding hydrogens is 368 g/mol. The van der Waals surface area contributed by atoms with Crippen molar-refractivity contribution in [1.29, 1.82) is 0 Å². The third-order valence-electron chi connectivity index (χ3n) is 4.87. The zero-order valence-corrected chi connectivity index (χ0v) is 17.1. The van der Waals surface area contributed by atoms with Crippen molar-refractivity contribution in [2.45, 2.75) is 57.2 Å². The quantitative estimate of drug-likeness (QED) is 0.763. The normalized spacial score (nSPS) is 25.8. The van der Waals surface area contributed by atoms with Crippen LogP contribution < -0.4 is 4.90 Å². The van der Waals surface area contributed by atoms with Gasteiger partial charge in [0.25, 0.3) is 0 Å². The fraction of sp³-hybridized carbons (Fsp3) is 0.579. The first-order valence-corrected chi connectivity index (χ1v) is 11.9. The van der Waals surface area contributed by atoms with Gasteiger partial charge in [-0.25, -0.2) is 8.42 Å². The van der Waals surface area contributed by atoms with Gasteiger partial charge in [0.1, 0.15) is 0 Å². The molecule has 0 bridgehead atoms. The average Bonchev–Trinajstić information content (AvgIpc) is 3.03. The summed E-state index contributed by atoms with van der Waals surface area (Å²) in [6, 6.07) is 8.01. The molecule has 1 aromatic rings. The number of hydrogen-bond donors (Lipinski definition) is 0. The first-order valence-electron chi connectivity index (χ1n) is 9.18. The molecule has 2 atom stereocenters. The van der Waals surface area contributed by atoms with Crippen molar-refractivity contribution in [1.82, 2.24) is 0 Å². The summed E-state index contributed by atoms with van der Waals surface area (Å²) in [4.78, 5) is 18.5. The number of thioether (sulfide) groups is 1. The molecule has 0 aliphatic carbocycles. The van der Waals surface area contributed by atoms with E-state index in [4.69, 9.17) is 0 Å². The summed E-state index contributed by atoms with van der Waals surface area (Å²) in [5.74, 6) is 0.588. The highest BCUT2D eigenvalue weighted by molar-refractivity contribution is 8.16. The second kappa shape index (κ2) is 7.72. The number of sulfone groups is 1. The monoisotopic (exact) mass is 394 g/mol. The molecule has 0 aromatic heterocycles. The number of anilines is 1. The predicted molar refractivity (Wildman–Crippen MR) is 109 cm³/mol. The molecule has 0 unspecified atom stereocenters. The van der Waals surface area contributed by atoms with Gasteiger partial charge in [0.05, 0.1) is 17.5 Å². The van der Waals surface area contributed by atoms with Crippen molar-refractivity contribution < 1.29 is 13.2 Å². The zero-order chi connectivity index (χ0) is 18.9. The van der Waals surface area contributed by atoms with E-state index in [1.165, 1.54) is 17.3 Å². The molecule has 7 heteroatoms. The fourth-order valence-electron chi connectivity index (χ4n) is 3.38. The molecule has 0 spiro atoms. The molecule has 5 nitrogen and oxygen atoms in total. The van der Waals surface area contributed by atoms with Gasteiger partial charge in [-0.15, -0.1) is 0 Å². The summed E-state index contributed by atoms with van der Waals surface area (Å²) in [5.41, 5.74) is 2.14. The van der Waals surface area contributed by atoms with Crippen LogP contribution in [0.1, 0.15) is 51.5 Å². The fourth-order valence-corrected chi connectivity index (χ4v) is 7.31. The molecular formula is C19H26N2O3S2. The standard InChI is InChI=1S/C19H26N2O3S2/c1-4-5-6-18(22)20-19-21(15-9-7-14(8-10-15)13(2)3)16-11-26(23,24)12-17(16)25-19/h7-10,13,16-17H,4-6,11-12H2,1-3H3/t16-,17-/m1/s1. The summed E-state index contributed by atoms with van der Waals surface area (Å²) in [5, 5.41) is 0.593. The molecule has 0 N–H and O–H groups in total. The van der Waals surface area contributed by atoms with Gasteiger partial charge in [-0.05, 0) is 30.0 Å². The number of benzene rings is 1. The highest BCUT2D eigenvalue weighted by Crippen LogP contribution is 2.41. The van der Waals surface area contributed by atoms with Gasteiger partial charge < -0.3 is 4.90 Å². The third kappa shape index (κ3) is 4.14.